The predicted molar refractivity (Wildman–Crippen MR) is 78.3 cm³/mol. The largest absolute Gasteiger partial charge is 0.486 e. The molecular formula is C17H16FNO2. The second-order valence-electron chi connectivity index (χ2n) is 4.58. The molecule has 0 bridgehead atoms. The molecule has 0 amide bonds. The van der Waals surface area contributed by atoms with Crippen LogP contribution in [0.4, 0.5) is 4.39 Å². The molecule has 3 nitrogen and oxygen atoms in total. The summed E-state index contributed by atoms with van der Waals surface area (Å²) in [6.07, 6.45) is 3.83. The van der Waals surface area contributed by atoms with E-state index in [1.54, 1.807) is 24.5 Å². The van der Waals surface area contributed by atoms with Crippen molar-refractivity contribution in [2.45, 2.75) is 20.0 Å². The Morgan fingerprint density at radius 1 is 1.29 bits per heavy atom. The molecule has 0 aliphatic rings. The molecule has 0 spiro atoms. The molecule has 0 unspecified atom stereocenters. The topological polar surface area (TPSA) is 42.4 Å². The molecule has 0 fully saturated rings. The first-order valence-corrected chi connectivity index (χ1v) is 6.61. The van der Waals surface area contributed by atoms with Gasteiger partial charge in [0.1, 0.15) is 6.61 Å². The van der Waals surface area contributed by atoms with Crippen LogP contribution in [0.15, 0.2) is 36.7 Å². The molecule has 1 aromatic heterocycles. The Hall–Kier alpha value is -2.38. The number of rotatable bonds is 4. The van der Waals surface area contributed by atoms with Crippen LogP contribution in [-0.4, -0.2) is 16.7 Å². The summed E-state index contributed by atoms with van der Waals surface area (Å²) >= 11 is 0. The van der Waals surface area contributed by atoms with Crippen molar-refractivity contribution in [3.8, 4) is 17.6 Å². The van der Waals surface area contributed by atoms with E-state index in [2.05, 4.69) is 16.8 Å². The molecule has 0 saturated carbocycles. The number of pyridine rings is 1. The summed E-state index contributed by atoms with van der Waals surface area (Å²) in [6.45, 7) is 2.20. The average molecular weight is 285 g/mol. The van der Waals surface area contributed by atoms with E-state index in [4.69, 9.17) is 9.84 Å². The molecule has 108 valence electrons. The van der Waals surface area contributed by atoms with Crippen molar-refractivity contribution in [2.24, 2.45) is 0 Å². The zero-order chi connectivity index (χ0) is 15.1. The van der Waals surface area contributed by atoms with Crippen LogP contribution in [0.2, 0.25) is 0 Å². The highest BCUT2D eigenvalue weighted by Gasteiger charge is 2.05. The van der Waals surface area contributed by atoms with Crippen LogP contribution in [0, 0.1) is 24.6 Å². The van der Waals surface area contributed by atoms with Crippen LogP contribution in [-0.2, 0) is 6.61 Å². The number of aliphatic hydroxyl groups excluding tert-OH is 1. The molecule has 1 aromatic carbocycles. The molecular weight excluding hydrogens is 269 g/mol. The summed E-state index contributed by atoms with van der Waals surface area (Å²) in [7, 11) is 0. The van der Waals surface area contributed by atoms with Crippen molar-refractivity contribution < 1.29 is 14.2 Å². The number of ether oxygens (including phenoxy) is 1. The lowest BCUT2D eigenvalue weighted by atomic mass is 10.2. The third-order valence-corrected chi connectivity index (χ3v) is 2.73. The monoisotopic (exact) mass is 285 g/mol. The second-order valence-corrected chi connectivity index (χ2v) is 4.58. The Kier molecular flexibility index (Phi) is 5.30. The number of halogens is 1. The lowest BCUT2D eigenvalue weighted by Gasteiger charge is -2.08. The fourth-order valence-electron chi connectivity index (χ4n) is 1.77. The van der Waals surface area contributed by atoms with Crippen molar-refractivity contribution >= 4 is 0 Å². The van der Waals surface area contributed by atoms with Crippen molar-refractivity contribution in [2.75, 3.05) is 6.61 Å². The van der Waals surface area contributed by atoms with Gasteiger partial charge in [0, 0.05) is 29.9 Å². The third-order valence-electron chi connectivity index (χ3n) is 2.73. The summed E-state index contributed by atoms with van der Waals surface area (Å²) in [6, 6.07) is 6.41. The Bertz CT molecular complexity index is 674. The average Bonchev–Trinajstić information content (AvgIpc) is 2.48. The third kappa shape index (κ3) is 4.59. The zero-order valence-corrected chi connectivity index (χ0v) is 11.8. The summed E-state index contributed by atoms with van der Waals surface area (Å²) in [5, 5.41) is 8.68. The molecule has 0 saturated heterocycles. The number of hydrogen-bond acceptors (Lipinski definition) is 3. The fourth-order valence-corrected chi connectivity index (χ4v) is 1.77. The molecule has 1 heterocycles. The maximum absolute atomic E-state index is 13.7. The smallest absolute Gasteiger partial charge is 0.165 e. The zero-order valence-electron chi connectivity index (χ0n) is 11.8. The van der Waals surface area contributed by atoms with E-state index in [9.17, 15) is 4.39 Å². The van der Waals surface area contributed by atoms with Gasteiger partial charge in [0.2, 0.25) is 0 Å². The Balaban J connectivity index is 2.09. The molecule has 0 aliphatic carbocycles. The highest BCUT2D eigenvalue weighted by atomic mass is 19.1. The Morgan fingerprint density at radius 3 is 2.90 bits per heavy atom. The van der Waals surface area contributed by atoms with Crippen molar-refractivity contribution in [3.63, 3.8) is 0 Å². The summed E-state index contributed by atoms with van der Waals surface area (Å²) in [5.41, 5.74) is 2.56. The van der Waals surface area contributed by atoms with E-state index in [-0.39, 0.29) is 19.0 Å². The van der Waals surface area contributed by atoms with Crippen LogP contribution in [0.1, 0.15) is 23.1 Å². The van der Waals surface area contributed by atoms with Gasteiger partial charge in [0.05, 0.1) is 6.61 Å². The summed E-state index contributed by atoms with van der Waals surface area (Å²) in [5.74, 6) is 5.37. The van der Waals surface area contributed by atoms with Crippen LogP contribution in [0.3, 0.4) is 0 Å². The fraction of sp³-hybridized carbons (Fsp3) is 0.235. The number of aliphatic hydroxyl groups is 1. The van der Waals surface area contributed by atoms with Gasteiger partial charge < -0.3 is 9.84 Å². The highest BCUT2D eigenvalue weighted by Crippen LogP contribution is 2.19. The number of hydrogen-bond donors (Lipinski definition) is 1. The number of benzene rings is 1. The highest BCUT2D eigenvalue weighted by molar-refractivity contribution is 5.40. The van der Waals surface area contributed by atoms with Gasteiger partial charge in [0.25, 0.3) is 0 Å². The lowest BCUT2D eigenvalue weighted by molar-refractivity contribution is 0.289. The first-order chi connectivity index (χ1) is 10.2. The van der Waals surface area contributed by atoms with Crippen LogP contribution >= 0.6 is 0 Å². The van der Waals surface area contributed by atoms with Gasteiger partial charge in [-0.15, -0.1) is 0 Å². The number of aryl methyl sites for hydroxylation is 1. The molecule has 1 N–H and O–H groups in total. The van der Waals surface area contributed by atoms with Gasteiger partial charge in [-0.3, -0.25) is 4.98 Å². The van der Waals surface area contributed by atoms with E-state index >= 15 is 0 Å². The van der Waals surface area contributed by atoms with E-state index in [0.29, 0.717) is 12.0 Å². The number of nitrogens with zero attached hydrogens (tertiary/aromatic N) is 1. The SMILES string of the molecule is Cc1cncc(COc2cc(C#CCCO)ccc2F)c1. The quantitative estimate of drug-likeness (QED) is 0.878. The van der Waals surface area contributed by atoms with Crippen LogP contribution in [0.25, 0.3) is 0 Å². The lowest BCUT2D eigenvalue weighted by Crippen LogP contribution is -1.99. The van der Waals surface area contributed by atoms with Gasteiger partial charge in [-0.25, -0.2) is 4.39 Å². The maximum Gasteiger partial charge on any atom is 0.165 e. The molecule has 0 radical (unpaired) electrons. The normalized spacial score (nSPS) is 9.86. The summed E-state index contributed by atoms with van der Waals surface area (Å²) < 4.78 is 19.2. The standard InChI is InChI=1S/C17H16FNO2/c1-13-8-15(11-19-10-13)12-21-17-9-14(4-2-3-7-20)5-6-16(17)18/h5-6,8-11,20H,3,7,12H2,1H3. The number of aromatic nitrogens is 1. The van der Waals surface area contributed by atoms with Gasteiger partial charge >= 0.3 is 0 Å². The summed E-state index contributed by atoms with van der Waals surface area (Å²) in [4.78, 5) is 4.07. The minimum atomic E-state index is -0.427. The van der Waals surface area contributed by atoms with Crippen molar-refractivity contribution in [1.29, 1.82) is 0 Å². The molecule has 21 heavy (non-hydrogen) atoms. The minimum Gasteiger partial charge on any atom is -0.486 e. The van der Waals surface area contributed by atoms with E-state index < -0.39 is 5.82 Å². The molecule has 0 aliphatic heterocycles. The first kappa shape index (κ1) is 15.0. The maximum atomic E-state index is 13.7. The van der Waals surface area contributed by atoms with Crippen molar-refractivity contribution in [1.82, 2.24) is 4.98 Å². The minimum absolute atomic E-state index is 0.0118. The second kappa shape index (κ2) is 7.41. The predicted octanol–water partition coefficient (Wildman–Crippen LogP) is 2.84. The van der Waals surface area contributed by atoms with Crippen LogP contribution < -0.4 is 4.74 Å². The molecule has 2 aromatic rings. The van der Waals surface area contributed by atoms with Gasteiger partial charge in [-0.1, -0.05) is 11.8 Å². The van der Waals surface area contributed by atoms with E-state index in [1.807, 2.05) is 13.0 Å². The molecule has 4 heteroatoms. The van der Waals surface area contributed by atoms with Gasteiger partial charge in [-0.05, 0) is 36.8 Å². The molecule has 2 rings (SSSR count). The van der Waals surface area contributed by atoms with E-state index in [0.717, 1.165) is 11.1 Å². The molecule has 0 atom stereocenters. The van der Waals surface area contributed by atoms with Crippen LogP contribution in [0.5, 0.6) is 5.75 Å². The van der Waals surface area contributed by atoms with Gasteiger partial charge in [0.15, 0.2) is 11.6 Å². The van der Waals surface area contributed by atoms with Crippen molar-refractivity contribution in [3.05, 3.63) is 59.2 Å². The Morgan fingerprint density at radius 2 is 2.14 bits per heavy atom. The Labute approximate surface area is 123 Å². The first-order valence-electron chi connectivity index (χ1n) is 6.61. The van der Waals surface area contributed by atoms with Gasteiger partial charge in [-0.2, -0.15) is 0 Å². The van der Waals surface area contributed by atoms with E-state index in [1.165, 1.54) is 6.07 Å².